The van der Waals surface area contributed by atoms with E-state index in [1.165, 1.54) is 19.2 Å². The van der Waals surface area contributed by atoms with Gasteiger partial charge in [-0.15, -0.1) is 0 Å². The van der Waals surface area contributed by atoms with Crippen LogP contribution in [0.5, 0.6) is 0 Å². The highest BCUT2D eigenvalue weighted by atomic mass is 32.2. The molecule has 1 aliphatic carbocycles. The van der Waals surface area contributed by atoms with E-state index in [1.54, 1.807) is 24.3 Å². The molecule has 9 heteroatoms. The fourth-order valence-corrected chi connectivity index (χ4v) is 5.40. The number of esters is 1. The molecule has 1 aliphatic rings. The second-order valence-electron chi connectivity index (χ2n) is 8.95. The molecule has 0 bridgehead atoms. The maximum Gasteiger partial charge on any atom is 0.355 e. The first-order chi connectivity index (χ1) is 16.1. The standard InChI is InChI=1S/C25H28N2O6S/c1-15-4-11-20-23(29)21(13-16-6-9-19(10-7-16)34(3,31)32)22(25(30)33-2)27(24(20)26-15)18-8-5-17(12-18)14-28/h4,6-7,9-11,17-18,28H,5,8,12-14H2,1-3H3/t17-,18-/m1/s1. The predicted octanol–water partition coefficient (Wildman–Crippen LogP) is 2.82. The molecule has 180 valence electrons. The van der Waals surface area contributed by atoms with Crippen LogP contribution in [0.2, 0.25) is 0 Å². The summed E-state index contributed by atoms with van der Waals surface area (Å²) in [7, 11) is -2.07. The van der Waals surface area contributed by atoms with Crippen molar-refractivity contribution >= 4 is 26.8 Å². The van der Waals surface area contributed by atoms with Gasteiger partial charge in [0.1, 0.15) is 11.3 Å². The van der Waals surface area contributed by atoms with Crippen LogP contribution in [0.3, 0.4) is 0 Å². The molecule has 3 aromatic rings. The molecule has 0 radical (unpaired) electrons. The fourth-order valence-electron chi connectivity index (χ4n) is 4.77. The lowest BCUT2D eigenvalue weighted by molar-refractivity contribution is 0.0583. The summed E-state index contributed by atoms with van der Waals surface area (Å²) in [4.78, 5) is 31.5. The number of aliphatic hydroxyl groups is 1. The van der Waals surface area contributed by atoms with Gasteiger partial charge in [0, 0.05) is 36.6 Å². The lowest BCUT2D eigenvalue weighted by atomic mass is 9.99. The second-order valence-corrected chi connectivity index (χ2v) is 11.0. The summed E-state index contributed by atoms with van der Waals surface area (Å²) in [5.41, 5.74) is 1.99. The smallest absolute Gasteiger partial charge is 0.355 e. The topological polar surface area (TPSA) is 116 Å². The van der Waals surface area contributed by atoms with E-state index < -0.39 is 15.8 Å². The number of aliphatic hydroxyl groups excluding tert-OH is 1. The Morgan fingerprint density at radius 2 is 1.88 bits per heavy atom. The van der Waals surface area contributed by atoms with Crippen LogP contribution < -0.4 is 5.43 Å². The number of benzene rings is 1. The molecule has 4 rings (SSSR count). The summed E-state index contributed by atoms with van der Waals surface area (Å²) in [6.07, 6.45) is 3.48. The highest BCUT2D eigenvalue weighted by Gasteiger charge is 2.32. The van der Waals surface area contributed by atoms with E-state index in [0.29, 0.717) is 23.0 Å². The average molecular weight is 485 g/mol. The van der Waals surface area contributed by atoms with Gasteiger partial charge in [-0.3, -0.25) is 4.79 Å². The molecule has 8 nitrogen and oxygen atoms in total. The molecular formula is C25H28N2O6S. The van der Waals surface area contributed by atoms with E-state index in [9.17, 15) is 23.1 Å². The monoisotopic (exact) mass is 484 g/mol. The van der Waals surface area contributed by atoms with Crippen molar-refractivity contribution in [3.63, 3.8) is 0 Å². The van der Waals surface area contributed by atoms with E-state index in [4.69, 9.17) is 4.74 Å². The number of fused-ring (bicyclic) bond motifs is 1. The normalized spacial score (nSPS) is 18.4. The van der Waals surface area contributed by atoms with Crippen molar-refractivity contribution in [2.75, 3.05) is 20.0 Å². The summed E-state index contributed by atoms with van der Waals surface area (Å²) >= 11 is 0. The van der Waals surface area contributed by atoms with Crippen molar-refractivity contribution in [3.05, 3.63) is 69.1 Å². The fraction of sp³-hybridized carbons (Fsp3) is 0.400. The number of sulfone groups is 1. The first-order valence-corrected chi connectivity index (χ1v) is 13.1. The molecule has 1 fully saturated rings. The minimum Gasteiger partial charge on any atom is -0.464 e. The van der Waals surface area contributed by atoms with E-state index in [1.807, 2.05) is 11.5 Å². The number of rotatable bonds is 6. The number of ether oxygens (including phenoxy) is 1. The second kappa shape index (κ2) is 9.31. The van der Waals surface area contributed by atoms with E-state index >= 15 is 0 Å². The van der Waals surface area contributed by atoms with Gasteiger partial charge in [-0.2, -0.15) is 0 Å². The third-order valence-electron chi connectivity index (χ3n) is 6.54. The lowest BCUT2D eigenvalue weighted by Gasteiger charge is -2.24. The van der Waals surface area contributed by atoms with Crippen LogP contribution >= 0.6 is 0 Å². The van der Waals surface area contributed by atoms with Crippen LogP contribution in [0.15, 0.2) is 46.1 Å². The lowest BCUT2D eigenvalue weighted by Crippen LogP contribution is -2.28. The van der Waals surface area contributed by atoms with Gasteiger partial charge in [0.25, 0.3) is 0 Å². The summed E-state index contributed by atoms with van der Waals surface area (Å²) in [5.74, 6) is -0.515. The number of aromatic nitrogens is 2. The van der Waals surface area contributed by atoms with Crippen LogP contribution in [-0.2, 0) is 21.0 Å². The SMILES string of the molecule is COC(=O)c1c(Cc2ccc(S(C)(=O)=O)cc2)c(=O)c2ccc(C)nc2n1[C@@H]1CC[C@@H](CO)C1. The van der Waals surface area contributed by atoms with Gasteiger partial charge < -0.3 is 14.4 Å². The number of hydrogen-bond acceptors (Lipinski definition) is 7. The van der Waals surface area contributed by atoms with Crippen molar-refractivity contribution in [2.24, 2.45) is 5.92 Å². The zero-order chi connectivity index (χ0) is 24.6. The Balaban J connectivity index is 1.95. The molecule has 2 heterocycles. The van der Waals surface area contributed by atoms with Crippen LogP contribution in [0, 0.1) is 12.8 Å². The Labute approximate surface area is 198 Å². The molecule has 1 N–H and O–H groups in total. The van der Waals surface area contributed by atoms with Gasteiger partial charge in [-0.05, 0) is 61.9 Å². The number of aryl methyl sites for hydroxylation is 1. The van der Waals surface area contributed by atoms with Crippen LogP contribution in [0.25, 0.3) is 11.0 Å². The molecule has 2 aromatic heterocycles. The summed E-state index contributed by atoms with van der Waals surface area (Å²) in [6, 6.07) is 9.67. The third-order valence-corrected chi connectivity index (χ3v) is 7.66. The van der Waals surface area contributed by atoms with Crippen LogP contribution in [0.4, 0.5) is 0 Å². The van der Waals surface area contributed by atoms with Gasteiger partial charge >= 0.3 is 5.97 Å². The molecule has 0 amide bonds. The minimum atomic E-state index is -3.35. The summed E-state index contributed by atoms with van der Waals surface area (Å²) < 4.78 is 30.6. The zero-order valence-corrected chi connectivity index (χ0v) is 20.3. The molecule has 1 aromatic carbocycles. The van der Waals surface area contributed by atoms with Gasteiger partial charge in [-0.25, -0.2) is 18.2 Å². The Morgan fingerprint density at radius 1 is 1.18 bits per heavy atom. The Hall–Kier alpha value is -3.04. The van der Waals surface area contributed by atoms with Crippen molar-refractivity contribution < 1.29 is 23.1 Å². The molecular weight excluding hydrogens is 456 g/mol. The summed E-state index contributed by atoms with van der Waals surface area (Å²) in [5, 5.41) is 10.1. The quantitative estimate of drug-likeness (QED) is 0.535. The molecule has 1 saturated carbocycles. The van der Waals surface area contributed by atoms with E-state index in [-0.39, 0.29) is 46.6 Å². The summed E-state index contributed by atoms with van der Waals surface area (Å²) in [6.45, 7) is 1.89. The number of methoxy groups -OCH3 is 1. The van der Waals surface area contributed by atoms with Gasteiger partial charge in [0.2, 0.25) is 0 Å². The number of carbonyl (C=O) groups is 1. The molecule has 2 atom stereocenters. The van der Waals surface area contributed by atoms with Gasteiger partial charge in [0.15, 0.2) is 15.3 Å². The maximum atomic E-state index is 13.6. The number of pyridine rings is 2. The van der Waals surface area contributed by atoms with Crippen molar-refractivity contribution in [3.8, 4) is 0 Å². The number of hydrogen-bond donors (Lipinski definition) is 1. The Bertz CT molecular complexity index is 1410. The molecule has 34 heavy (non-hydrogen) atoms. The zero-order valence-electron chi connectivity index (χ0n) is 19.4. The van der Waals surface area contributed by atoms with Gasteiger partial charge in [-0.1, -0.05) is 12.1 Å². The molecule has 0 saturated heterocycles. The van der Waals surface area contributed by atoms with Crippen molar-refractivity contribution in [2.45, 2.75) is 43.5 Å². The minimum absolute atomic E-state index is 0.0637. The van der Waals surface area contributed by atoms with E-state index in [2.05, 4.69) is 4.98 Å². The molecule has 0 aliphatic heterocycles. The first-order valence-electron chi connectivity index (χ1n) is 11.2. The predicted molar refractivity (Wildman–Crippen MR) is 128 cm³/mol. The molecule has 0 spiro atoms. The Morgan fingerprint density at radius 3 is 2.47 bits per heavy atom. The highest BCUT2D eigenvalue weighted by Crippen LogP contribution is 2.37. The number of nitrogens with zero attached hydrogens (tertiary/aromatic N) is 2. The average Bonchev–Trinajstić information content (AvgIpc) is 3.28. The molecule has 0 unspecified atom stereocenters. The Kier molecular flexibility index (Phi) is 6.60. The first kappa shape index (κ1) is 24.1. The van der Waals surface area contributed by atoms with E-state index in [0.717, 1.165) is 24.8 Å². The van der Waals surface area contributed by atoms with Crippen LogP contribution in [-0.4, -0.2) is 49.0 Å². The van der Waals surface area contributed by atoms with Crippen LogP contribution in [0.1, 0.15) is 52.6 Å². The van der Waals surface area contributed by atoms with Gasteiger partial charge in [0.05, 0.1) is 17.4 Å². The maximum absolute atomic E-state index is 13.6. The third kappa shape index (κ3) is 4.50. The van der Waals surface area contributed by atoms with Crippen molar-refractivity contribution in [1.82, 2.24) is 9.55 Å². The largest absolute Gasteiger partial charge is 0.464 e. The number of carbonyl (C=O) groups excluding carboxylic acids is 1. The highest BCUT2D eigenvalue weighted by molar-refractivity contribution is 7.90. The van der Waals surface area contributed by atoms with Crippen molar-refractivity contribution in [1.29, 1.82) is 0 Å².